The van der Waals surface area contributed by atoms with Gasteiger partial charge in [0, 0.05) is 26.1 Å². The van der Waals surface area contributed by atoms with Crippen LogP contribution in [0.1, 0.15) is 37.9 Å². The Labute approximate surface area is 133 Å². The molecule has 0 unspecified atom stereocenters. The number of rotatable bonds is 2. The van der Waals surface area contributed by atoms with Gasteiger partial charge >= 0.3 is 12.0 Å². The van der Waals surface area contributed by atoms with Gasteiger partial charge in [0.25, 0.3) is 0 Å². The molecule has 2 N–H and O–H groups in total. The topological polar surface area (TPSA) is 100 Å². The minimum absolute atomic E-state index is 0.0638. The molecule has 8 heteroatoms. The third-order valence-corrected chi connectivity index (χ3v) is 5.57. The molecule has 0 aromatic carbocycles. The number of carboxylic acids is 1. The fourth-order valence-corrected chi connectivity index (χ4v) is 4.30. The number of amides is 2. The van der Waals surface area contributed by atoms with Crippen LogP contribution in [0.3, 0.4) is 0 Å². The first-order valence-corrected chi connectivity index (χ1v) is 8.31. The van der Waals surface area contributed by atoms with Crippen LogP contribution in [0.4, 0.5) is 10.7 Å². The van der Waals surface area contributed by atoms with Crippen LogP contribution in [0, 0.1) is 11.3 Å². The number of carboxylic acid groups (broad SMARTS) is 1. The predicted octanol–water partition coefficient (Wildman–Crippen LogP) is 1.33. The molecule has 3 heterocycles. The maximum atomic E-state index is 12.5. The van der Waals surface area contributed by atoms with E-state index in [1.54, 1.807) is 4.90 Å². The minimum Gasteiger partial charge on any atom is -0.481 e. The molecule has 2 aliphatic heterocycles. The molecule has 1 aliphatic carbocycles. The van der Waals surface area contributed by atoms with Crippen molar-refractivity contribution in [3.05, 3.63) is 5.82 Å². The van der Waals surface area contributed by atoms with E-state index in [2.05, 4.69) is 15.4 Å². The highest BCUT2D eigenvalue weighted by atomic mass is 16.4. The number of aliphatic carboxylic acids is 1. The van der Waals surface area contributed by atoms with E-state index in [9.17, 15) is 14.7 Å². The average molecular weight is 319 g/mol. The Balaban J connectivity index is 1.46. The minimum atomic E-state index is -0.772. The zero-order chi connectivity index (χ0) is 16.0. The molecule has 1 saturated heterocycles. The van der Waals surface area contributed by atoms with E-state index in [4.69, 9.17) is 0 Å². The fourth-order valence-electron chi connectivity index (χ4n) is 4.30. The first-order chi connectivity index (χ1) is 11.1. The van der Waals surface area contributed by atoms with Gasteiger partial charge in [0.15, 0.2) is 0 Å². The first kappa shape index (κ1) is 14.5. The number of aromatic nitrogens is 3. The van der Waals surface area contributed by atoms with Gasteiger partial charge in [0.05, 0.1) is 5.41 Å². The summed E-state index contributed by atoms with van der Waals surface area (Å²) in [6.07, 6.45) is 5.54. The molecule has 1 saturated carbocycles. The number of nitrogens with one attached hydrogen (secondary N) is 1. The van der Waals surface area contributed by atoms with E-state index in [1.165, 1.54) is 0 Å². The molecule has 23 heavy (non-hydrogen) atoms. The third-order valence-electron chi connectivity index (χ3n) is 5.57. The van der Waals surface area contributed by atoms with Crippen molar-refractivity contribution in [2.75, 3.05) is 18.4 Å². The lowest BCUT2D eigenvalue weighted by molar-refractivity contribution is -0.149. The molecule has 0 spiro atoms. The molecule has 3 aliphatic rings. The standard InChI is InChI=1S/C15H21N5O3/c21-12(22)15-6-3-4-10(15)8-19(9-15)14(23)17-13-16-11-5-1-2-7-20(11)18-13/h10H,1-9H2,(H,21,22)(H,17,18,23)/t10-,15+/m0/s1. The number of likely N-dealkylation sites (tertiary alicyclic amines) is 1. The zero-order valence-corrected chi connectivity index (χ0v) is 13.0. The Bertz CT molecular complexity index is 634. The van der Waals surface area contributed by atoms with Crippen LogP contribution in [0.25, 0.3) is 0 Å². The molecule has 124 valence electrons. The molecular formula is C15H21N5O3. The van der Waals surface area contributed by atoms with E-state index < -0.39 is 11.4 Å². The Kier molecular flexibility index (Phi) is 3.28. The summed E-state index contributed by atoms with van der Waals surface area (Å²) in [7, 11) is 0. The van der Waals surface area contributed by atoms with Crippen LogP contribution in [-0.4, -0.2) is 49.9 Å². The first-order valence-electron chi connectivity index (χ1n) is 8.31. The number of fused-ring (bicyclic) bond motifs is 2. The van der Waals surface area contributed by atoms with Crippen LogP contribution in [-0.2, 0) is 17.8 Å². The second-order valence-corrected chi connectivity index (χ2v) is 6.89. The summed E-state index contributed by atoms with van der Waals surface area (Å²) in [6, 6.07) is -0.289. The number of anilines is 1. The lowest BCUT2D eigenvalue weighted by Gasteiger charge is -2.23. The van der Waals surface area contributed by atoms with Gasteiger partial charge in [-0.2, -0.15) is 4.98 Å². The largest absolute Gasteiger partial charge is 0.481 e. The maximum Gasteiger partial charge on any atom is 0.324 e. The fraction of sp³-hybridized carbons (Fsp3) is 0.733. The smallest absolute Gasteiger partial charge is 0.324 e. The molecule has 2 fully saturated rings. The Morgan fingerprint density at radius 3 is 2.91 bits per heavy atom. The van der Waals surface area contributed by atoms with Crippen molar-refractivity contribution in [3.8, 4) is 0 Å². The van der Waals surface area contributed by atoms with Gasteiger partial charge in [-0.15, -0.1) is 5.10 Å². The van der Waals surface area contributed by atoms with Crippen molar-refractivity contribution in [2.45, 2.75) is 45.1 Å². The lowest BCUT2D eigenvalue weighted by atomic mass is 9.81. The number of hydrogen-bond donors (Lipinski definition) is 2. The summed E-state index contributed by atoms with van der Waals surface area (Å²) in [5.41, 5.74) is -0.752. The molecule has 0 radical (unpaired) electrons. The van der Waals surface area contributed by atoms with E-state index in [0.29, 0.717) is 18.9 Å². The van der Waals surface area contributed by atoms with E-state index in [0.717, 1.165) is 44.5 Å². The number of urea groups is 1. The monoisotopic (exact) mass is 319 g/mol. The SMILES string of the molecule is O=C(Nc1nc2n(n1)CCCC2)N1C[C@@H]2CCC[C@@]2(C(=O)O)C1. The average Bonchev–Trinajstić information content (AvgIpc) is 3.18. The highest BCUT2D eigenvalue weighted by Gasteiger charge is 2.55. The molecule has 2 atom stereocenters. The van der Waals surface area contributed by atoms with Gasteiger partial charge in [-0.1, -0.05) is 6.42 Å². The molecule has 8 nitrogen and oxygen atoms in total. The molecular weight excluding hydrogens is 298 g/mol. The van der Waals surface area contributed by atoms with Crippen molar-refractivity contribution in [1.82, 2.24) is 19.7 Å². The number of carbonyl (C=O) groups excluding carboxylic acids is 1. The third kappa shape index (κ3) is 2.27. The van der Waals surface area contributed by atoms with Crippen LogP contribution < -0.4 is 5.32 Å². The summed E-state index contributed by atoms with van der Waals surface area (Å²) in [5.74, 6) is 0.528. The second-order valence-electron chi connectivity index (χ2n) is 6.89. The van der Waals surface area contributed by atoms with Crippen LogP contribution in [0.2, 0.25) is 0 Å². The second kappa shape index (κ2) is 5.21. The van der Waals surface area contributed by atoms with E-state index >= 15 is 0 Å². The van der Waals surface area contributed by atoms with Crippen molar-refractivity contribution in [2.24, 2.45) is 11.3 Å². The Morgan fingerprint density at radius 2 is 2.17 bits per heavy atom. The van der Waals surface area contributed by atoms with Crippen LogP contribution in [0.15, 0.2) is 0 Å². The van der Waals surface area contributed by atoms with Gasteiger partial charge in [-0.05, 0) is 31.6 Å². The summed E-state index contributed by atoms with van der Waals surface area (Å²) in [4.78, 5) is 30.1. The van der Waals surface area contributed by atoms with Gasteiger partial charge < -0.3 is 10.0 Å². The zero-order valence-electron chi connectivity index (χ0n) is 13.0. The summed E-state index contributed by atoms with van der Waals surface area (Å²) in [5, 5.41) is 16.6. The van der Waals surface area contributed by atoms with Crippen molar-refractivity contribution in [1.29, 1.82) is 0 Å². The normalized spacial score (nSPS) is 29.2. The molecule has 0 bridgehead atoms. The van der Waals surface area contributed by atoms with Gasteiger partial charge in [0.1, 0.15) is 5.82 Å². The number of carbonyl (C=O) groups is 2. The van der Waals surface area contributed by atoms with Crippen molar-refractivity contribution in [3.63, 3.8) is 0 Å². The molecule has 1 aromatic heterocycles. The predicted molar refractivity (Wildman–Crippen MR) is 81.0 cm³/mol. The maximum absolute atomic E-state index is 12.5. The number of hydrogen-bond acceptors (Lipinski definition) is 4. The summed E-state index contributed by atoms with van der Waals surface area (Å²) < 4.78 is 1.84. The van der Waals surface area contributed by atoms with Gasteiger partial charge in [-0.3, -0.25) is 10.1 Å². The van der Waals surface area contributed by atoms with Crippen molar-refractivity contribution < 1.29 is 14.7 Å². The quantitative estimate of drug-likeness (QED) is 0.856. The van der Waals surface area contributed by atoms with Crippen LogP contribution >= 0.6 is 0 Å². The molecule has 4 rings (SSSR count). The van der Waals surface area contributed by atoms with Crippen molar-refractivity contribution >= 4 is 17.9 Å². The highest BCUT2D eigenvalue weighted by Crippen LogP contribution is 2.48. The molecule has 1 aromatic rings. The molecule has 2 amide bonds. The Morgan fingerprint density at radius 1 is 1.30 bits per heavy atom. The highest BCUT2D eigenvalue weighted by molar-refractivity contribution is 5.89. The summed E-state index contributed by atoms with van der Waals surface area (Å²) >= 11 is 0. The van der Waals surface area contributed by atoms with Crippen LogP contribution in [0.5, 0.6) is 0 Å². The van der Waals surface area contributed by atoms with Gasteiger partial charge in [0.2, 0.25) is 5.95 Å². The number of aryl methyl sites for hydroxylation is 2. The Hall–Kier alpha value is -2.12. The summed E-state index contributed by atoms with van der Waals surface area (Å²) in [6.45, 7) is 1.63. The lowest BCUT2D eigenvalue weighted by Crippen LogP contribution is -2.38. The number of nitrogens with zero attached hydrogens (tertiary/aromatic N) is 4. The van der Waals surface area contributed by atoms with E-state index in [-0.39, 0.29) is 18.5 Å². The van der Waals surface area contributed by atoms with E-state index in [1.807, 2.05) is 4.68 Å². The van der Waals surface area contributed by atoms with Gasteiger partial charge in [-0.25, -0.2) is 9.48 Å².